The summed E-state index contributed by atoms with van der Waals surface area (Å²) in [6, 6.07) is 4.82. The molecule has 2 amide bonds. The van der Waals surface area contributed by atoms with Gasteiger partial charge in [0.1, 0.15) is 11.4 Å². The molecule has 7 heteroatoms. The van der Waals surface area contributed by atoms with E-state index in [4.69, 9.17) is 23.2 Å². The maximum atomic E-state index is 12.8. The molecule has 2 heterocycles. The molecule has 1 N–H and O–H groups in total. The summed E-state index contributed by atoms with van der Waals surface area (Å²) in [6.07, 6.45) is 6.98. The Morgan fingerprint density at radius 1 is 1.30 bits per heavy atom. The largest absolute Gasteiger partial charge is 0.324 e. The molecule has 2 aliphatic heterocycles. The fraction of sp³-hybridized carbons (Fsp3) is 0.188. The van der Waals surface area contributed by atoms with Gasteiger partial charge >= 0.3 is 0 Å². The van der Waals surface area contributed by atoms with Crippen LogP contribution in [0.4, 0.5) is 5.69 Å². The van der Waals surface area contributed by atoms with E-state index in [2.05, 4.69) is 10.3 Å². The SMILES string of the molecule is CC1(C(=O)Nc2ccc(Cl)c(Cl)c2)CC(=O)N=C2C=CC=CN21. The quantitative estimate of drug-likeness (QED) is 0.889. The van der Waals surface area contributed by atoms with Crippen molar-refractivity contribution in [1.82, 2.24) is 4.90 Å². The number of allylic oxidation sites excluding steroid dienone is 2. The van der Waals surface area contributed by atoms with Crippen LogP contribution in [0.15, 0.2) is 47.6 Å². The average Bonchev–Trinajstić information content (AvgIpc) is 2.50. The van der Waals surface area contributed by atoms with E-state index in [0.717, 1.165) is 0 Å². The molecule has 1 unspecified atom stereocenters. The maximum Gasteiger partial charge on any atom is 0.250 e. The minimum atomic E-state index is -1.07. The van der Waals surface area contributed by atoms with E-state index in [9.17, 15) is 9.59 Å². The van der Waals surface area contributed by atoms with Gasteiger partial charge in [-0.05, 0) is 37.3 Å². The summed E-state index contributed by atoms with van der Waals surface area (Å²) in [7, 11) is 0. The van der Waals surface area contributed by atoms with Crippen LogP contribution in [0.2, 0.25) is 10.0 Å². The Kier molecular flexibility index (Phi) is 4.00. The first kappa shape index (κ1) is 15.8. The number of amides is 2. The zero-order chi connectivity index (χ0) is 16.6. The molecule has 0 aliphatic carbocycles. The lowest BCUT2D eigenvalue weighted by Gasteiger charge is -2.41. The van der Waals surface area contributed by atoms with Crippen LogP contribution in [0.3, 0.4) is 0 Å². The van der Waals surface area contributed by atoms with Crippen LogP contribution < -0.4 is 5.32 Å². The van der Waals surface area contributed by atoms with Crippen molar-refractivity contribution in [1.29, 1.82) is 0 Å². The lowest BCUT2D eigenvalue weighted by atomic mass is 9.91. The van der Waals surface area contributed by atoms with E-state index in [1.807, 2.05) is 0 Å². The van der Waals surface area contributed by atoms with Gasteiger partial charge in [0, 0.05) is 11.9 Å². The normalized spacial score (nSPS) is 22.7. The third-order valence-corrected chi connectivity index (χ3v) is 4.51. The Morgan fingerprint density at radius 2 is 2.09 bits per heavy atom. The van der Waals surface area contributed by atoms with Crippen molar-refractivity contribution in [2.45, 2.75) is 18.9 Å². The first-order valence-electron chi connectivity index (χ1n) is 6.92. The highest BCUT2D eigenvalue weighted by Gasteiger charge is 2.45. The number of halogens is 2. The number of anilines is 1. The number of fused-ring (bicyclic) bond motifs is 1. The van der Waals surface area contributed by atoms with Crippen molar-refractivity contribution < 1.29 is 9.59 Å². The van der Waals surface area contributed by atoms with Crippen molar-refractivity contribution in [3.8, 4) is 0 Å². The second kappa shape index (κ2) is 5.83. The predicted octanol–water partition coefficient (Wildman–Crippen LogP) is 3.40. The van der Waals surface area contributed by atoms with E-state index in [1.54, 1.807) is 54.5 Å². The number of carbonyl (C=O) groups is 2. The number of hydrogen-bond acceptors (Lipinski definition) is 3. The molecule has 0 saturated carbocycles. The Balaban J connectivity index is 1.89. The summed E-state index contributed by atoms with van der Waals surface area (Å²) < 4.78 is 0. The van der Waals surface area contributed by atoms with Gasteiger partial charge in [-0.2, -0.15) is 4.99 Å². The van der Waals surface area contributed by atoms with Gasteiger partial charge in [0.25, 0.3) is 11.8 Å². The number of amidine groups is 1. The van der Waals surface area contributed by atoms with Gasteiger partial charge in [-0.15, -0.1) is 0 Å². The third-order valence-electron chi connectivity index (χ3n) is 3.77. The highest BCUT2D eigenvalue weighted by molar-refractivity contribution is 6.42. The summed E-state index contributed by atoms with van der Waals surface area (Å²) in [5.74, 6) is -0.199. The molecule has 0 saturated heterocycles. The third kappa shape index (κ3) is 2.90. The summed E-state index contributed by atoms with van der Waals surface area (Å²) in [5, 5.41) is 3.53. The molecular weight excluding hydrogens is 337 g/mol. The molecule has 118 valence electrons. The van der Waals surface area contributed by atoms with Gasteiger partial charge in [-0.1, -0.05) is 29.3 Å². The topological polar surface area (TPSA) is 61.8 Å². The van der Waals surface area contributed by atoms with E-state index < -0.39 is 5.54 Å². The Bertz CT molecular complexity index is 786. The molecule has 23 heavy (non-hydrogen) atoms. The Labute approximate surface area is 143 Å². The molecular formula is C16H13Cl2N3O2. The van der Waals surface area contributed by atoms with Crippen molar-refractivity contribution in [2.75, 3.05) is 5.32 Å². The molecule has 1 aromatic carbocycles. The van der Waals surface area contributed by atoms with Gasteiger partial charge < -0.3 is 10.2 Å². The lowest BCUT2D eigenvalue weighted by Crippen LogP contribution is -2.58. The number of hydrogen-bond donors (Lipinski definition) is 1. The molecule has 0 radical (unpaired) electrons. The van der Waals surface area contributed by atoms with Crippen LogP contribution in [0.1, 0.15) is 13.3 Å². The molecule has 3 rings (SSSR count). The van der Waals surface area contributed by atoms with E-state index in [1.165, 1.54) is 0 Å². The first-order chi connectivity index (χ1) is 10.9. The first-order valence-corrected chi connectivity index (χ1v) is 7.68. The number of carbonyl (C=O) groups excluding carboxylic acids is 2. The highest BCUT2D eigenvalue weighted by Crippen LogP contribution is 2.30. The second-order valence-corrected chi connectivity index (χ2v) is 6.28. The van der Waals surface area contributed by atoms with Gasteiger partial charge in [-0.3, -0.25) is 9.59 Å². The van der Waals surface area contributed by atoms with Gasteiger partial charge in [0.05, 0.1) is 16.5 Å². The molecule has 0 aromatic heterocycles. The number of aliphatic imine (C=N–C) groups is 1. The minimum absolute atomic E-state index is 0.0121. The smallest absolute Gasteiger partial charge is 0.250 e. The molecule has 0 bridgehead atoms. The second-order valence-electron chi connectivity index (χ2n) is 5.47. The number of benzene rings is 1. The molecule has 2 aliphatic rings. The van der Waals surface area contributed by atoms with Gasteiger partial charge in [0.15, 0.2) is 0 Å². The monoisotopic (exact) mass is 349 g/mol. The van der Waals surface area contributed by atoms with Crippen molar-refractivity contribution in [3.63, 3.8) is 0 Å². The fourth-order valence-electron chi connectivity index (χ4n) is 2.52. The van der Waals surface area contributed by atoms with Crippen molar-refractivity contribution in [3.05, 3.63) is 52.7 Å². The Morgan fingerprint density at radius 3 is 2.83 bits per heavy atom. The van der Waals surface area contributed by atoms with Crippen LogP contribution in [0.25, 0.3) is 0 Å². The van der Waals surface area contributed by atoms with Crippen LogP contribution in [0.5, 0.6) is 0 Å². The van der Waals surface area contributed by atoms with E-state index in [0.29, 0.717) is 21.6 Å². The van der Waals surface area contributed by atoms with Crippen LogP contribution in [0, 0.1) is 0 Å². The van der Waals surface area contributed by atoms with E-state index >= 15 is 0 Å². The van der Waals surface area contributed by atoms with Crippen LogP contribution >= 0.6 is 23.2 Å². The van der Waals surface area contributed by atoms with Crippen molar-refractivity contribution in [2.24, 2.45) is 4.99 Å². The lowest BCUT2D eigenvalue weighted by molar-refractivity contribution is -0.130. The number of nitrogens with zero attached hydrogens (tertiary/aromatic N) is 2. The van der Waals surface area contributed by atoms with Gasteiger partial charge in [-0.25, -0.2) is 0 Å². The molecule has 1 aromatic rings. The van der Waals surface area contributed by atoms with E-state index in [-0.39, 0.29) is 18.2 Å². The fourth-order valence-corrected chi connectivity index (χ4v) is 2.82. The molecule has 0 fully saturated rings. The van der Waals surface area contributed by atoms with Gasteiger partial charge in [0.2, 0.25) is 0 Å². The average molecular weight is 350 g/mol. The molecule has 5 nitrogen and oxygen atoms in total. The highest BCUT2D eigenvalue weighted by atomic mass is 35.5. The zero-order valence-electron chi connectivity index (χ0n) is 12.2. The molecule has 0 spiro atoms. The standard InChI is InChI=1S/C16H13Cl2N3O2/c1-16(9-14(22)20-13-4-2-3-7-21(13)16)15(23)19-10-5-6-11(17)12(18)8-10/h2-8H,9H2,1H3,(H,19,23). The number of rotatable bonds is 2. The number of nitrogens with one attached hydrogen (secondary N) is 1. The molecule has 1 atom stereocenters. The summed E-state index contributed by atoms with van der Waals surface area (Å²) >= 11 is 11.8. The predicted molar refractivity (Wildman–Crippen MR) is 90.7 cm³/mol. The summed E-state index contributed by atoms with van der Waals surface area (Å²) in [6.45, 7) is 1.70. The minimum Gasteiger partial charge on any atom is -0.324 e. The summed E-state index contributed by atoms with van der Waals surface area (Å²) in [4.78, 5) is 30.3. The van der Waals surface area contributed by atoms with Crippen LogP contribution in [-0.2, 0) is 9.59 Å². The summed E-state index contributed by atoms with van der Waals surface area (Å²) in [5.41, 5.74) is -0.555. The Hall–Kier alpha value is -2.11. The van der Waals surface area contributed by atoms with Crippen molar-refractivity contribution >= 4 is 46.5 Å². The maximum absolute atomic E-state index is 12.8. The zero-order valence-corrected chi connectivity index (χ0v) is 13.7. The van der Waals surface area contributed by atoms with Crippen LogP contribution in [-0.4, -0.2) is 28.1 Å².